The maximum Gasteiger partial charge on any atom is 0.133 e. The lowest BCUT2D eigenvalue weighted by Gasteiger charge is -2.15. The quantitative estimate of drug-likeness (QED) is 0.568. The summed E-state index contributed by atoms with van der Waals surface area (Å²) in [6.07, 6.45) is 3.12. The first-order chi connectivity index (χ1) is 5.07. The molecule has 0 heterocycles. The molecule has 0 bridgehead atoms. The number of carbonyl (C=O) groups excluding carboxylic acids is 1. The Bertz CT molecular complexity index is 178. The average Bonchev–Trinajstić information content (AvgIpc) is 2.17. The number of rotatable bonds is 0. The zero-order valence-electron chi connectivity index (χ0n) is 6.84. The minimum absolute atomic E-state index is 0.399. The smallest absolute Gasteiger partial charge is 0.133 e. The first-order valence-electron chi connectivity index (χ1n) is 4.31. The van der Waals surface area contributed by atoms with Gasteiger partial charge in [-0.15, -0.1) is 0 Å². The van der Waals surface area contributed by atoms with Crippen LogP contribution >= 0.6 is 0 Å². The van der Waals surface area contributed by atoms with Crippen LogP contribution < -0.4 is 0 Å². The molecule has 0 aliphatic heterocycles. The fraction of sp³-hybridized carbons (Fsp3) is 0.889. The van der Waals surface area contributed by atoms with Crippen molar-refractivity contribution in [3.63, 3.8) is 0 Å². The van der Waals surface area contributed by atoms with Crippen LogP contribution in [0.5, 0.6) is 0 Å². The summed E-state index contributed by atoms with van der Waals surface area (Å²) in [5.41, 5.74) is -0.476. The van der Waals surface area contributed by atoms with Crippen molar-refractivity contribution >= 4 is 5.78 Å². The third-order valence-corrected chi connectivity index (χ3v) is 3.05. The molecule has 0 radical (unpaired) electrons. The molecule has 1 unspecified atom stereocenters. The molecule has 2 nitrogen and oxygen atoms in total. The molecule has 2 saturated carbocycles. The lowest BCUT2D eigenvalue weighted by molar-refractivity contribution is -0.118. The summed E-state index contributed by atoms with van der Waals surface area (Å²) in [4.78, 5) is 11.0. The SMILES string of the molecule is CC1(O)C[C@H]2CC(=O)C[C@H]2C1. The molecule has 62 valence electrons. The van der Waals surface area contributed by atoms with Gasteiger partial charge in [-0.1, -0.05) is 0 Å². The van der Waals surface area contributed by atoms with Crippen molar-refractivity contribution in [1.29, 1.82) is 0 Å². The number of hydrogen-bond donors (Lipinski definition) is 1. The Hall–Kier alpha value is -0.370. The highest BCUT2D eigenvalue weighted by Crippen LogP contribution is 2.46. The molecule has 2 aliphatic rings. The van der Waals surface area contributed by atoms with E-state index < -0.39 is 5.60 Å². The zero-order valence-corrected chi connectivity index (χ0v) is 6.84. The Balaban J connectivity index is 2.09. The summed E-state index contributed by atoms with van der Waals surface area (Å²) < 4.78 is 0. The monoisotopic (exact) mass is 154 g/mol. The van der Waals surface area contributed by atoms with Gasteiger partial charge in [0, 0.05) is 12.8 Å². The lowest BCUT2D eigenvalue weighted by Crippen LogP contribution is -2.20. The molecular formula is C9H14O2. The summed E-state index contributed by atoms with van der Waals surface area (Å²) in [6, 6.07) is 0. The van der Waals surface area contributed by atoms with Gasteiger partial charge in [-0.25, -0.2) is 0 Å². The third-order valence-electron chi connectivity index (χ3n) is 3.05. The summed E-state index contributed by atoms with van der Waals surface area (Å²) in [5.74, 6) is 1.39. The topological polar surface area (TPSA) is 37.3 Å². The van der Waals surface area contributed by atoms with Gasteiger partial charge in [0.05, 0.1) is 5.60 Å². The molecule has 2 heteroatoms. The Morgan fingerprint density at radius 1 is 1.36 bits per heavy atom. The first kappa shape index (κ1) is 7.29. The van der Waals surface area contributed by atoms with Crippen LogP contribution in [-0.4, -0.2) is 16.5 Å². The largest absolute Gasteiger partial charge is 0.390 e. The van der Waals surface area contributed by atoms with E-state index in [-0.39, 0.29) is 0 Å². The van der Waals surface area contributed by atoms with E-state index in [0.717, 1.165) is 25.7 Å². The highest BCUT2D eigenvalue weighted by Gasteiger charge is 2.45. The molecule has 0 saturated heterocycles. The summed E-state index contributed by atoms with van der Waals surface area (Å²) >= 11 is 0. The zero-order chi connectivity index (χ0) is 8.06. The third kappa shape index (κ3) is 1.20. The van der Waals surface area contributed by atoms with Crippen LogP contribution in [0.1, 0.15) is 32.6 Å². The molecular weight excluding hydrogens is 140 g/mol. The molecule has 2 aliphatic carbocycles. The number of ketones is 1. The molecule has 2 rings (SSSR count). The van der Waals surface area contributed by atoms with Gasteiger partial charge in [-0.05, 0) is 31.6 Å². The Labute approximate surface area is 66.6 Å². The van der Waals surface area contributed by atoms with Gasteiger partial charge in [0.15, 0.2) is 0 Å². The van der Waals surface area contributed by atoms with Crippen LogP contribution in [-0.2, 0) is 4.79 Å². The van der Waals surface area contributed by atoms with E-state index in [1.807, 2.05) is 6.92 Å². The van der Waals surface area contributed by atoms with Crippen LogP contribution in [0, 0.1) is 11.8 Å². The highest BCUT2D eigenvalue weighted by atomic mass is 16.3. The van der Waals surface area contributed by atoms with Gasteiger partial charge in [-0.2, -0.15) is 0 Å². The molecule has 0 spiro atoms. The molecule has 0 aromatic heterocycles. The molecule has 3 atom stereocenters. The van der Waals surface area contributed by atoms with Gasteiger partial charge >= 0.3 is 0 Å². The highest BCUT2D eigenvalue weighted by molar-refractivity contribution is 5.81. The maximum absolute atomic E-state index is 11.0. The van der Waals surface area contributed by atoms with Crippen molar-refractivity contribution < 1.29 is 9.90 Å². The number of Topliss-reactive ketones (excluding diaryl/α,β-unsaturated/α-hetero) is 1. The number of aliphatic hydroxyl groups is 1. The van der Waals surface area contributed by atoms with E-state index in [9.17, 15) is 9.90 Å². The van der Waals surface area contributed by atoms with E-state index >= 15 is 0 Å². The molecule has 11 heavy (non-hydrogen) atoms. The van der Waals surface area contributed by atoms with Crippen molar-refractivity contribution in [2.75, 3.05) is 0 Å². The average molecular weight is 154 g/mol. The Morgan fingerprint density at radius 3 is 2.27 bits per heavy atom. The van der Waals surface area contributed by atoms with Crippen molar-refractivity contribution in [3.05, 3.63) is 0 Å². The van der Waals surface area contributed by atoms with E-state index in [1.54, 1.807) is 0 Å². The number of hydrogen-bond acceptors (Lipinski definition) is 2. The van der Waals surface area contributed by atoms with Crippen LogP contribution in [0.3, 0.4) is 0 Å². The predicted octanol–water partition coefficient (Wildman–Crippen LogP) is 1.13. The van der Waals surface area contributed by atoms with E-state index in [1.165, 1.54) is 0 Å². The van der Waals surface area contributed by atoms with Crippen LogP contribution in [0.25, 0.3) is 0 Å². The Morgan fingerprint density at radius 2 is 1.82 bits per heavy atom. The first-order valence-corrected chi connectivity index (χ1v) is 4.31. The van der Waals surface area contributed by atoms with Crippen molar-refractivity contribution in [1.82, 2.24) is 0 Å². The lowest BCUT2D eigenvalue weighted by atomic mass is 10.0. The molecule has 1 N–H and O–H groups in total. The van der Waals surface area contributed by atoms with Crippen LogP contribution in [0.2, 0.25) is 0 Å². The number of carbonyl (C=O) groups is 1. The summed E-state index contributed by atoms with van der Waals surface area (Å²) in [5, 5.41) is 9.68. The van der Waals surface area contributed by atoms with Gasteiger partial charge in [-0.3, -0.25) is 4.79 Å². The van der Waals surface area contributed by atoms with Crippen LogP contribution in [0.15, 0.2) is 0 Å². The van der Waals surface area contributed by atoms with Gasteiger partial charge < -0.3 is 5.11 Å². The van der Waals surface area contributed by atoms with Crippen LogP contribution in [0.4, 0.5) is 0 Å². The molecule has 0 aromatic carbocycles. The van der Waals surface area contributed by atoms with E-state index in [0.29, 0.717) is 17.6 Å². The van der Waals surface area contributed by atoms with Crippen molar-refractivity contribution in [2.45, 2.75) is 38.2 Å². The summed E-state index contributed by atoms with van der Waals surface area (Å²) in [6.45, 7) is 1.88. The molecule has 0 amide bonds. The second-order valence-electron chi connectivity index (χ2n) is 4.37. The summed E-state index contributed by atoms with van der Waals surface area (Å²) in [7, 11) is 0. The standard InChI is InChI=1S/C9H14O2/c1-9(11)4-6-2-8(10)3-7(6)5-9/h6-7,11H,2-5H2,1H3/t6-,7+,9?. The second kappa shape index (κ2) is 2.07. The minimum atomic E-state index is -0.476. The second-order valence-corrected chi connectivity index (χ2v) is 4.37. The van der Waals surface area contributed by atoms with E-state index in [2.05, 4.69) is 0 Å². The Kier molecular flexibility index (Phi) is 1.37. The van der Waals surface area contributed by atoms with Crippen molar-refractivity contribution in [2.24, 2.45) is 11.8 Å². The normalized spacial score (nSPS) is 49.8. The molecule has 2 fully saturated rings. The number of fused-ring (bicyclic) bond motifs is 1. The molecule has 0 aromatic rings. The fourth-order valence-electron chi connectivity index (χ4n) is 2.69. The predicted molar refractivity (Wildman–Crippen MR) is 41.1 cm³/mol. The van der Waals surface area contributed by atoms with E-state index in [4.69, 9.17) is 0 Å². The van der Waals surface area contributed by atoms with Crippen molar-refractivity contribution in [3.8, 4) is 0 Å². The van der Waals surface area contributed by atoms with Gasteiger partial charge in [0.1, 0.15) is 5.78 Å². The maximum atomic E-state index is 11.0. The van der Waals surface area contributed by atoms with Gasteiger partial charge in [0.2, 0.25) is 0 Å². The van der Waals surface area contributed by atoms with Gasteiger partial charge in [0.25, 0.3) is 0 Å². The fourth-order valence-corrected chi connectivity index (χ4v) is 2.69. The minimum Gasteiger partial charge on any atom is -0.390 e.